The first kappa shape index (κ1) is 16.2. The van der Waals surface area contributed by atoms with E-state index >= 15 is 0 Å². The summed E-state index contributed by atoms with van der Waals surface area (Å²) >= 11 is 0. The molecule has 2 aliphatic rings. The Balaban J connectivity index is 1.88. The van der Waals surface area contributed by atoms with E-state index in [1.807, 2.05) is 19.9 Å². The second kappa shape index (κ2) is 5.89. The van der Waals surface area contributed by atoms with Crippen LogP contribution in [-0.2, 0) is 6.54 Å². The molecule has 2 N–H and O–H groups in total. The standard InChI is InChI=1S/C18H24N4O3/c1-10(2)9-21-14-8-13(11-4-3-5-11)20-22(14)18(25)15(17(21)24)16(23)19-12-6-7-12/h8,10-12,24H,3-7,9H2,1-2H3,(H,19,23). The Kier molecular flexibility index (Phi) is 3.81. The van der Waals surface area contributed by atoms with Gasteiger partial charge in [-0.25, -0.2) is 0 Å². The van der Waals surface area contributed by atoms with Crippen molar-refractivity contribution in [2.45, 2.75) is 64.5 Å². The van der Waals surface area contributed by atoms with Crippen molar-refractivity contribution in [3.05, 3.63) is 27.7 Å². The molecule has 2 aromatic rings. The number of aromatic nitrogens is 3. The Morgan fingerprint density at radius 2 is 2.08 bits per heavy atom. The number of hydrogen-bond acceptors (Lipinski definition) is 4. The van der Waals surface area contributed by atoms with Gasteiger partial charge in [-0.15, -0.1) is 0 Å². The number of amides is 1. The molecule has 2 aromatic heterocycles. The first-order valence-corrected chi connectivity index (χ1v) is 9.12. The molecular formula is C18H24N4O3. The Morgan fingerprint density at radius 1 is 1.36 bits per heavy atom. The highest BCUT2D eigenvalue weighted by molar-refractivity contribution is 5.96. The van der Waals surface area contributed by atoms with Crippen LogP contribution in [0.15, 0.2) is 10.9 Å². The zero-order chi connectivity index (χ0) is 17.7. The third-order valence-electron chi connectivity index (χ3n) is 5.08. The molecule has 7 nitrogen and oxygen atoms in total. The molecule has 0 unspecified atom stereocenters. The number of aromatic hydroxyl groups is 1. The molecule has 2 heterocycles. The largest absolute Gasteiger partial charge is 0.494 e. The first-order chi connectivity index (χ1) is 12.0. The molecule has 0 spiro atoms. The van der Waals surface area contributed by atoms with Crippen LogP contribution in [0.3, 0.4) is 0 Å². The van der Waals surface area contributed by atoms with Crippen LogP contribution in [0.2, 0.25) is 0 Å². The number of fused-ring (bicyclic) bond motifs is 1. The van der Waals surface area contributed by atoms with Gasteiger partial charge in [0.25, 0.3) is 11.5 Å². The normalized spacial score (nSPS) is 17.9. The summed E-state index contributed by atoms with van der Waals surface area (Å²) in [6, 6.07) is 2.00. The Bertz CT molecular complexity index is 888. The molecular weight excluding hydrogens is 320 g/mol. The molecule has 134 valence electrons. The quantitative estimate of drug-likeness (QED) is 0.868. The SMILES string of the molecule is CC(C)Cn1c(O)c(C(=O)NC2CC2)c(=O)n2nc(C3CCC3)cc12. The lowest BCUT2D eigenvalue weighted by Gasteiger charge is -2.22. The van der Waals surface area contributed by atoms with Gasteiger partial charge in [-0.2, -0.15) is 9.61 Å². The highest BCUT2D eigenvalue weighted by Crippen LogP contribution is 2.36. The molecule has 2 saturated carbocycles. The number of nitrogens with zero attached hydrogens (tertiary/aromatic N) is 3. The van der Waals surface area contributed by atoms with E-state index in [0.29, 0.717) is 18.1 Å². The zero-order valence-electron chi connectivity index (χ0n) is 14.7. The second-order valence-corrected chi connectivity index (χ2v) is 7.72. The topological polar surface area (TPSA) is 88.6 Å². The summed E-state index contributed by atoms with van der Waals surface area (Å²) < 4.78 is 2.93. The van der Waals surface area contributed by atoms with Crippen LogP contribution in [0.5, 0.6) is 5.88 Å². The fourth-order valence-electron chi connectivity index (χ4n) is 3.31. The van der Waals surface area contributed by atoms with Crippen LogP contribution in [-0.4, -0.2) is 31.2 Å². The second-order valence-electron chi connectivity index (χ2n) is 7.72. The predicted octanol–water partition coefficient (Wildman–Crippen LogP) is 2.02. The Hall–Kier alpha value is -2.31. The van der Waals surface area contributed by atoms with E-state index in [1.165, 1.54) is 10.9 Å². The van der Waals surface area contributed by atoms with Crippen molar-refractivity contribution in [3.8, 4) is 5.88 Å². The number of carbonyl (C=O) groups is 1. The van der Waals surface area contributed by atoms with Crippen molar-refractivity contribution >= 4 is 11.6 Å². The van der Waals surface area contributed by atoms with Gasteiger partial charge in [-0.3, -0.25) is 14.2 Å². The molecule has 0 atom stereocenters. The molecule has 2 aliphatic carbocycles. The van der Waals surface area contributed by atoms with Crippen LogP contribution >= 0.6 is 0 Å². The molecule has 2 fully saturated rings. The van der Waals surface area contributed by atoms with Gasteiger partial charge in [0.05, 0.1) is 5.69 Å². The molecule has 0 radical (unpaired) electrons. The summed E-state index contributed by atoms with van der Waals surface area (Å²) in [5, 5.41) is 18.0. The fraction of sp³-hybridized carbons (Fsp3) is 0.611. The van der Waals surface area contributed by atoms with E-state index in [4.69, 9.17) is 0 Å². The van der Waals surface area contributed by atoms with E-state index in [0.717, 1.165) is 31.4 Å². The van der Waals surface area contributed by atoms with Gasteiger partial charge in [0.2, 0.25) is 5.88 Å². The van der Waals surface area contributed by atoms with Gasteiger partial charge >= 0.3 is 0 Å². The Morgan fingerprint density at radius 3 is 2.64 bits per heavy atom. The van der Waals surface area contributed by atoms with Crippen LogP contribution in [0.25, 0.3) is 5.65 Å². The molecule has 4 rings (SSSR count). The maximum absolute atomic E-state index is 12.8. The molecule has 0 saturated heterocycles. The zero-order valence-corrected chi connectivity index (χ0v) is 14.7. The smallest absolute Gasteiger partial charge is 0.291 e. The summed E-state index contributed by atoms with van der Waals surface area (Å²) in [5.74, 6) is -0.147. The summed E-state index contributed by atoms with van der Waals surface area (Å²) in [7, 11) is 0. The third-order valence-corrected chi connectivity index (χ3v) is 5.08. The highest BCUT2D eigenvalue weighted by Gasteiger charge is 2.30. The number of nitrogens with one attached hydrogen (secondary N) is 1. The fourth-order valence-corrected chi connectivity index (χ4v) is 3.31. The van der Waals surface area contributed by atoms with Crippen LogP contribution in [0.1, 0.15) is 67.9 Å². The maximum atomic E-state index is 12.8. The van der Waals surface area contributed by atoms with Gasteiger partial charge < -0.3 is 10.4 Å². The minimum Gasteiger partial charge on any atom is -0.494 e. The molecule has 7 heteroatoms. The molecule has 0 bridgehead atoms. The lowest BCUT2D eigenvalue weighted by atomic mass is 9.83. The van der Waals surface area contributed by atoms with Crippen molar-refractivity contribution in [2.75, 3.05) is 0 Å². The number of carbonyl (C=O) groups excluding carboxylic acids is 1. The van der Waals surface area contributed by atoms with Crippen molar-refractivity contribution < 1.29 is 9.90 Å². The maximum Gasteiger partial charge on any atom is 0.291 e. The van der Waals surface area contributed by atoms with Crippen molar-refractivity contribution in [3.63, 3.8) is 0 Å². The van der Waals surface area contributed by atoms with Crippen LogP contribution < -0.4 is 10.9 Å². The van der Waals surface area contributed by atoms with Crippen molar-refractivity contribution in [1.29, 1.82) is 0 Å². The van der Waals surface area contributed by atoms with Crippen LogP contribution in [0, 0.1) is 5.92 Å². The van der Waals surface area contributed by atoms with Gasteiger partial charge in [0.1, 0.15) is 5.65 Å². The minimum absolute atomic E-state index is 0.115. The van der Waals surface area contributed by atoms with Gasteiger partial charge in [-0.1, -0.05) is 20.3 Å². The summed E-state index contributed by atoms with van der Waals surface area (Å²) in [6.07, 6.45) is 5.16. The van der Waals surface area contributed by atoms with E-state index < -0.39 is 11.5 Å². The van der Waals surface area contributed by atoms with Gasteiger partial charge in [0.15, 0.2) is 5.56 Å². The first-order valence-electron chi connectivity index (χ1n) is 9.12. The van der Waals surface area contributed by atoms with E-state index in [9.17, 15) is 14.7 Å². The number of hydrogen-bond donors (Lipinski definition) is 2. The van der Waals surface area contributed by atoms with Crippen molar-refractivity contribution in [2.24, 2.45) is 5.92 Å². The molecule has 1 amide bonds. The molecule has 0 aliphatic heterocycles. The predicted molar refractivity (Wildman–Crippen MR) is 93.0 cm³/mol. The van der Waals surface area contributed by atoms with Crippen LogP contribution in [0.4, 0.5) is 0 Å². The summed E-state index contributed by atoms with van der Waals surface area (Å²) in [6.45, 7) is 4.57. The highest BCUT2D eigenvalue weighted by atomic mass is 16.3. The average molecular weight is 344 g/mol. The van der Waals surface area contributed by atoms with Crippen molar-refractivity contribution in [1.82, 2.24) is 19.5 Å². The van der Waals surface area contributed by atoms with E-state index in [2.05, 4.69) is 10.4 Å². The monoisotopic (exact) mass is 344 g/mol. The van der Waals surface area contributed by atoms with E-state index in [-0.39, 0.29) is 23.4 Å². The van der Waals surface area contributed by atoms with Gasteiger partial charge in [0, 0.05) is 24.6 Å². The third kappa shape index (κ3) is 2.81. The summed E-state index contributed by atoms with van der Waals surface area (Å²) in [4.78, 5) is 25.3. The minimum atomic E-state index is -0.545. The molecule has 0 aromatic carbocycles. The lowest BCUT2D eigenvalue weighted by Crippen LogP contribution is -2.34. The average Bonchev–Trinajstić information content (AvgIpc) is 3.18. The Labute approximate surface area is 145 Å². The number of rotatable bonds is 5. The summed E-state index contributed by atoms with van der Waals surface area (Å²) in [5.41, 5.74) is 0.681. The molecule has 25 heavy (non-hydrogen) atoms. The lowest BCUT2D eigenvalue weighted by molar-refractivity contribution is 0.0944. The van der Waals surface area contributed by atoms with Gasteiger partial charge in [-0.05, 0) is 31.6 Å². The van der Waals surface area contributed by atoms with E-state index in [1.54, 1.807) is 4.57 Å².